The molecular weight excluding hydrogens is 236 g/mol. The molecule has 0 aliphatic rings. The number of benzene rings is 1. The SMILES string of the molecule is COc1c(C(=O)O)cnn1Cc1ccc(O)cc1. The molecule has 18 heavy (non-hydrogen) atoms. The highest BCUT2D eigenvalue weighted by atomic mass is 16.5. The van der Waals surface area contributed by atoms with E-state index in [0.717, 1.165) is 5.56 Å². The molecule has 94 valence electrons. The second kappa shape index (κ2) is 4.79. The van der Waals surface area contributed by atoms with E-state index in [2.05, 4.69) is 5.10 Å². The van der Waals surface area contributed by atoms with Crippen LogP contribution >= 0.6 is 0 Å². The Labute approximate surface area is 103 Å². The second-order valence-corrected chi connectivity index (χ2v) is 3.70. The number of hydrogen-bond acceptors (Lipinski definition) is 4. The monoisotopic (exact) mass is 248 g/mol. The Balaban J connectivity index is 2.29. The van der Waals surface area contributed by atoms with Crippen molar-refractivity contribution in [3.8, 4) is 11.6 Å². The maximum Gasteiger partial charge on any atom is 0.342 e. The van der Waals surface area contributed by atoms with Crippen LogP contribution in [0.3, 0.4) is 0 Å². The predicted octanol–water partition coefficient (Wildman–Crippen LogP) is 1.34. The maximum absolute atomic E-state index is 10.9. The molecule has 0 aliphatic heterocycles. The first kappa shape index (κ1) is 12.0. The fraction of sp³-hybridized carbons (Fsp3) is 0.167. The highest BCUT2D eigenvalue weighted by Crippen LogP contribution is 2.19. The fourth-order valence-electron chi connectivity index (χ4n) is 1.62. The van der Waals surface area contributed by atoms with Gasteiger partial charge in [0.15, 0.2) is 0 Å². The molecule has 0 saturated carbocycles. The van der Waals surface area contributed by atoms with E-state index >= 15 is 0 Å². The third-order valence-corrected chi connectivity index (χ3v) is 2.48. The maximum atomic E-state index is 10.9. The van der Waals surface area contributed by atoms with E-state index in [4.69, 9.17) is 9.84 Å². The third-order valence-electron chi connectivity index (χ3n) is 2.48. The van der Waals surface area contributed by atoms with Crippen LogP contribution in [0.4, 0.5) is 0 Å². The lowest BCUT2D eigenvalue weighted by molar-refractivity contribution is 0.0693. The van der Waals surface area contributed by atoms with Gasteiger partial charge in [-0.25, -0.2) is 9.48 Å². The van der Waals surface area contributed by atoms with Crippen LogP contribution < -0.4 is 4.74 Å². The van der Waals surface area contributed by atoms with Gasteiger partial charge in [0.25, 0.3) is 0 Å². The summed E-state index contributed by atoms with van der Waals surface area (Å²) in [6.45, 7) is 0.372. The molecule has 0 amide bonds. The number of rotatable bonds is 4. The molecular formula is C12H12N2O4. The van der Waals surface area contributed by atoms with Gasteiger partial charge in [-0.15, -0.1) is 0 Å². The van der Waals surface area contributed by atoms with Crippen LogP contribution in [0.5, 0.6) is 11.6 Å². The van der Waals surface area contributed by atoms with Crippen LogP contribution in [0.15, 0.2) is 30.5 Å². The highest BCUT2D eigenvalue weighted by Gasteiger charge is 2.17. The molecule has 0 fully saturated rings. The van der Waals surface area contributed by atoms with Gasteiger partial charge < -0.3 is 14.9 Å². The Morgan fingerprint density at radius 2 is 2.06 bits per heavy atom. The standard InChI is InChI=1S/C12H12N2O4/c1-18-11-10(12(16)17)6-13-14(11)7-8-2-4-9(15)5-3-8/h2-6,15H,7H2,1H3,(H,16,17). The summed E-state index contributed by atoms with van der Waals surface area (Å²) in [5.74, 6) is -0.697. The number of carboxylic acid groups (broad SMARTS) is 1. The predicted molar refractivity (Wildman–Crippen MR) is 62.9 cm³/mol. The van der Waals surface area contributed by atoms with Gasteiger partial charge in [0.1, 0.15) is 11.3 Å². The zero-order chi connectivity index (χ0) is 13.1. The van der Waals surface area contributed by atoms with Crippen LogP contribution in [0.2, 0.25) is 0 Å². The van der Waals surface area contributed by atoms with Crippen LogP contribution in [-0.2, 0) is 6.54 Å². The molecule has 0 unspecified atom stereocenters. The number of carbonyl (C=O) groups is 1. The first-order valence-electron chi connectivity index (χ1n) is 5.23. The smallest absolute Gasteiger partial charge is 0.342 e. The lowest BCUT2D eigenvalue weighted by atomic mass is 10.2. The van der Waals surface area contributed by atoms with Crippen molar-refractivity contribution in [1.29, 1.82) is 0 Å². The number of phenolic OH excluding ortho intramolecular Hbond substituents is 1. The average Bonchev–Trinajstić information content (AvgIpc) is 2.75. The van der Waals surface area contributed by atoms with E-state index in [1.54, 1.807) is 24.3 Å². The number of phenols is 1. The van der Waals surface area contributed by atoms with Crippen molar-refractivity contribution in [2.45, 2.75) is 6.54 Å². The summed E-state index contributed by atoms with van der Waals surface area (Å²) >= 11 is 0. The van der Waals surface area contributed by atoms with Gasteiger partial charge in [0.05, 0.1) is 19.9 Å². The molecule has 2 N–H and O–H groups in total. The average molecular weight is 248 g/mol. The van der Waals surface area contributed by atoms with Crippen molar-refractivity contribution >= 4 is 5.97 Å². The Morgan fingerprint density at radius 1 is 1.39 bits per heavy atom. The summed E-state index contributed by atoms with van der Waals surface area (Å²) in [6.07, 6.45) is 1.25. The van der Waals surface area contributed by atoms with E-state index in [-0.39, 0.29) is 17.2 Å². The van der Waals surface area contributed by atoms with E-state index in [0.29, 0.717) is 6.54 Å². The normalized spacial score (nSPS) is 10.3. The van der Waals surface area contributed by atoms with E-state index in [9.17, 15) is 9.90 Å². The molecule has 1 aromatic carbocycles. The zero-order valence-corrected chi connectivity index (χ0v) is 9.70. The molecule has 2 rings (SSSR count). The Kier molecular flexibility index (Phi) is 3.18. The summed E-state index contributed by atoms with van der Waals surface area (Å²) in [5.41, 5.74) is 0.905. The number of methoxy groups -OCH3 is 1. The van der Waals surface area contributed by atoms with Crippen molar-refractivity contribution in [2.24, 2.45) is 0 Å². The molecule has 2 aromatic rings. The number of carboxylic acids is 1. The molecule has 6 heteroatoms. The van der Waals surface area contributed by atoms with Crippen molar-refractivity contribution in [2.75, 3.05) is 7.11 Å². The molecule has 1 aromatic heterocycles. The van der Waals surface area contributed by atoms with Crippen molar-refractivity contribution in [3.63, 3.8) is 0 Å². The van der Waals surface area contributed by atoms with Gasteiger partial charge in [0.2, 0.25) is 5.88 Å². The summed E-state index contributed by atoms with van der Waals surface area (Å²) in [5, 5.41) is 22.1. The number of aromatic nitrogens is 2. The largest absolute Gasteiger partial charge is 0.508 e. The molecule has 0 saturated heterocycles. The highest BCUT2D eigenvalue weighted by molar-refractivity contribution is 5.89. The Morgan fingerprint density at radius 3 is 2.61 bits per heavy atom. The topological polar surface area (TPSA) is 84.6 Å². The summed E-state index contributed by atoms with van der Waals surface area (Å²) in [4.78, 5) is 10.9. The molecule has 0 bridgehead atoms. The number of ether oxygens (including phenoxy) is 1. The van der Waals surface area contributed by atoms with Gasteiger partial charge in [-0.2, -0.15) is 5.10 Å². The molecule has 6 nitrogen and oxygen atoms in total. The first-order valence-corrected chi connectivity index (χ1v) is 5.23. The molecule has 0 spiro atoms. The Bertz CT molecular complexity index is 560. The van der Waals surface area contributed by atoms with Gasteiger partial charge in [-0.05, 0) is 17.7 Å². The quantitative estimate of drug-likeness (QED) is 0.853. The Hall–Kier alpha value is -2.50. The van der Waals surface area contributed by atoms with Gasteiger partial charge in [0, 0.05) is 0 Å². The number of aromatic hydroxyl groups is 1. The minimum atomic E-state index is -1.08. The molecule has 0 aliphatic carbocycles. The minimum absolute atomic E-state index is 0.0243. The van der Waals surface area contributed by atoms with Gasteiger partial charge in [-0.1, -0.05) is 12.1 Å². The second-order valence-electron chi connectivity index (χ2n) is 3.70. The first-order chi connectivity index (χ1) is 8.61. The lowest BCUT2D eigenvalue weighted by Gasteiger charge is -2.07. The third kappa shape index (κ3) is 2.27. The number of aromatic carboxylic acids is 1. The van der Waals surface area contributed by atoms with Crippen molar-refractivity contribution < 1.29 is 19.7 Å². The van der Waals surface area contributed by atoms with E-state index in [1.165, 1.54) is 18.0 Å². The summed E-state index contributed by atoms with van der Waals surface area (Å²) in [6, 6.07) is 6.58. The number of hydrogen-bond donors (Lipinski definition) is 2. The van der Waals surface area contributed by atoms with Gasteiger partial charge >= 0.3 is 5.97 Å². The van der Waals surface area contributed by atoms with E-state index < -0.39 is 5.97 Å². The van der Waals surface area contributed by atoms with Crippen LogP contribution in [0.25, 0.3) is 0 Å². The van der Waals surface area contributed by atoms with E-state index in [1.807, 2.05) is 0 Å². The fourth-order valence-corrected chi connectivity index (χ4v) is 1.62. The summed E-state index contributed by atoms with van der Waals surface area (Å²) < 4.78 is 6.50. The summed E-state index contributed by atoms with van der Waals surface area (Å²) in [7, 11) is 1.40. The minimum Gasteiger partial charge on any atom is -0.508 e. The van der Waals surface area contributed by atoms with Crippen molar-refractivity contribution in [1.82, 2.24) is 9.78 Å². The molecule has 0 atom stereocenters. The number of nitrogens with zero attached hydrogens (tertiary/aromatic N) is 2. The lowest BCUT2D eigenvalue weighted by Crippen LogP contribution is -2.06. The molecule has 0 radical (unpaired) electrons. The van der Waals surface area contributed by atoms with Crippen molar-refractivity contribution in [3.05, 3.63) is 41.6 Å². The zero-order valence-electron chi connectivity index (χ0n) is 9.70. The van der Waals surface area contributed by atoms with Gasteiger partial charge in [-0.3, -0.25) is 0 Å². The van der Waals surface area contributed by atoms with Crippen LogP contribution in [0, 0.1) is 0 Å². The van der Waals surface area contributed by atoms with Crippen LogP contribution in [0.1, 0.15) is 15.9 Å². The molecule has 1 heterocycles. The van der Waals surface area contributed by atoms with Crippen LogP contribution in [-0.4, -0.2) is 33.1 Å².